The molecule has 0 saturated heterocycles. The van der Waals surface area contributed by atoms with Crippen LogP contribution in [0.2, 0.25) is 0 Å². The molecule has 0 saturated carbocycles. The van der Waals surface area contributed by atoms with Crippen LogP contribution in [0.5, 0.6) is 5.75 Å². The first-order valence-electron chi connectivity index (χ1n) is 8.40. The number of rotatable bonds is 8. The van der Waals surface area contributed by atoms with Crippen molar-refractivity contribution in [2.24, 2.45) is 17.6 Å². The zero-order valence-electron chi connectivity index (χ0n) is 15.8. The fourth-order valence-electron chi connectivity index (χ4n) is 2.08. The average molecular weight is 357 g/mol. The Morgan fingerprint density at radius 2 is 1.71 bits per heavy atom. The maximum atomic E-state index is 12.1. The molecule has 0 aliphatic rings. The van der Waals surface area contributed by atoms with Gasteiger partial charge in [-0.3, -0.25) is 4.79 Å². The van der Waals surface area contributed by atoms with Crippen molar-refractivity contribution in [3.63, 3.8) is 0 Å². The molecule has 0 aromatic heterocycles. The maximum Gasteiger partial charge on any atom is 0.224 e. The third-order valence-corrected chi connectivity index (χ3v) is 4.13. The Hall–Kier alpha value is -1.26. The molecule has 0 radical (unpaired) electrons. The van der Waals surface area contributed by atoms with Gasteiger partial charge in [-0.1, -0.05) is 46.8 Å². The van der Waals surface area contributed by atoms with Crippen LogP contribution in [0, 0.1) is 11.8 Å². The van der Waals surface area contributed by atoms with Crippen molar-refractivity contribution >= 4 is 18.3 Å². The van der Waals surface area contributed by atoms with Gasteiger partial charge < -0.3 is 15.8 Å². The topological polar surface area (TPSA) is 64.3 Å². The summed E-state index contributed by atoms with van der Waals surface area (Å²) < 4.78 is 5.71. The van der Waals surface area contributed by atoms with E-state index in [1.807, 2.05) is 26.0 Å². The van der Waals surface area contributed by atoms with E-state index in [1.165, 1.54) is 5.56 Å². The lowest BCUT2D eigenvalue weighted by Gasteiger charge is -2.27. The molecular formula is C19H33ClN2O2. The van der Waals surface area contributed by atoms with E-state index in [9.17, 15) is 4.79 Å². The predicted molar refractivity (Wildman–Crippen MR) is 103 cm³/mol. The van der Waals surface area contributed by atoms with Crippen molar-refractivity contribution in [2.45, 2.75) is 53.0 Å². The van der Waals surface area contributed by atoms with Gasteiger partial charge in [0.15, 0.2) is 0 Å². The minimum Gasteiger partial charge on any atom is -0.493 e. The van der Waals surface area contributed by atoms with Crippen molar-refractivity contribution < 1.29 is 9.53 Å². The van der Waals surface area contributed by atoms with Crippen LogP contribution in [0.4, 0.5) is 0 Å². The number of hydrogen-bond acceptors (Lipinski definition) is 3. The molecule has 0 bridgehead atoms. The number of benzene rings is 1. The number of halogens is 1. The third-order valence-electron chi connectivity index (χ3n) is 4.13. The normalized spacial score (nSPS) is 13.8. The van der Waals surface area contributed by atoms with E-state index < -0.39 is 0 Å². The van der Waals surface area contributed by atoms with Crippen LogP contribution >= 0.6 is 12.4 Å². The van der Waals surface area contributed by atoms with Gasteiger partial charge in [-0.2, -0.15) is 0 Å². The summed E-state index contributed by atoms with van der Waals surface area (Å²) in [5.41, 5.74) is 6.80. The Balaban J connectivity index is 0.00000529. The number of nitrogens with two attached hydrogens (primary N) is 1. The van der Waals surface area contributed by atoms with E-state index in [0.717, 1.165) is 5.75 Å². The molecule has 2 atom stereocenters. The van der Waals surface area contributed by atoms with Crippen LogP contribution in [0.1, 0.15) is 47.1 Å². The van der Waals surface area contributed by atoms with Crippen molar-refractivity contribution in [2.75, 3.05) is 13.2 Å². The van der Waals surface area contributed by atoms with Crippen LogP contribution in [0.3, 0.4) is 0 Å². The van der Waals surface area contributed by atoms with Crippen molar-refractivity contribution in [3.8, 4) is 5.75 Å². The highest BCUT2D eigenvalue weighted by Crippen LogP contribution is 2.25. The summed E-state index contributed by atoms with van der Waals surface area (Å²) >= 11 is 0. The molecule has 24 heavy (non-hydrogen) atoms. The van der Waals surface area contributed by atoms with Gasteiger partial charge >= 0.3 is 0 Å². The first kappa shape index (κ1) is 22.7. The average Bonchev–Trinajstić information content (AvgIpc) is 2.50. The van der Waals surface area contributed by atoms with E-state index in [1.54, 1.807) is 0 Å². The van der Waals surface area contributed by atoms with E-state index in [2.05, 4.69) is 45.1 Å². The number of carbonyl (C=O) groups is 1. The highest BCUT2D eigenvalue weighted by molar-refractivity contribution is 5.85. The Morgan fingerprint density at radius 3 is 2.17 bits per heavy atom. The first-order valence-corrected chi connectivity index (χ1v) is 8.40. The zero-order chi connectivity index (χ0) is 17.6. The maximum absolute atomic E-state index is 12.1. The largest absolute Gasteiger partial charge is 0.493 e. The zero-order valence-corrected chi connectivity index (χ0v) is 16.6. The molecule has 0 aliphatic heterocycles. The van der Waals surface area contributed by atoms with Gasteiger partial charge in [0.05, 0.1) is 6.61 Å². The molecule has 5 heteroatoms. The Bertz CT molecular complexity index is 499. The molecule has 0 heterocycles. The number of ether oxygens (including phenoxy) is 1. The summed E-state index contributed by atoms with van der Waals surface area (Å²) in [6.07, 6.45) is 0. The van der Waals surface area contributed by atoms with Crippen LogP contribution in [0.25, 0.3) is 0 Å². The van der Waals surface area contributed by atoms with E-state index in [4.69, 9.17) is 10.5 Å². The van der Waals surface area contributed by atoms with Crippen molar-refractivity contribution in [1.29, 1.82) is 0 Å². The molecule has 1 aromatic rings. The van der Waals surface area contributed by atoms with Gasteiger partial charge in [-0.25, -0.2) is 0 Å². The summed E-state index contributed by atoms with van der Waals surface area (Å²) in [5, 5.41) is 3.01. The predicted octanol–water partition coefficient (Wildman–Crippen LogP) is 3.52. The summed E-state index contributed by atoms with van der Waals surface area (Å²) in [5.74, 6) is 1.21. The molecule has 1 rings (SSSR count). The molecule has 0 aliphatic carbocycles. The molecule has 4 nitrogen and oxygen atoms in total. The molecule has 0 fully saturated rings. The van der Waals surface area contributed by atoms with E-state index in [0.29, 0.717) is 19.1 Å². The molecule has 0 spiro atoms. The molecule has 2 unspecified atom stereocenters. The lowest BCUT2D eigenvalue weighted by Crippen LogP contribution is -2.43. The van der Waals surface area contributed by atoms with E-state index in [-0.39, 0.29) is 35.7 Å². The van der Waals surface area contributed by atoms with Gasteiger partial charge in [-0.15, -0.1) is 12.4 Å². The van der Waals surface area contributed by atoms with Gasteiger partial charge in [0.25, 0.3) is 0 Å². The smallest absolute Gasteiger partial charge is 0.224 e. The van der Waals surface area contributed by atoms with Gasteiger partial charge in [-0.05, 0) is 30.5 Å². The van der Waals surface area contributed by atoms with Gasteiger partial charge in [0.1, 0.15) is 5.75 Å². The monoisotopic (exact) mass is 356 g/mol. The number of nitrogens with one attached hydrogen (secondary N) is 1. The van der Waals surface area contributed by atoms with Crippen LogP contribution in [-0.4, -0.2) is 25.1 Å². The summed E-state index contributed by atoms with van der Waals surface area (Å²) in [6, 6.07) is 7.97. The second kappa shape index (κ2) is 9.90. The van der Waals surface area contributed by atoms with Crippen LogP contribution in [-0.2, 0) is 10.2 Å². The number of carbonyl (C=O) groups excluding carboxylic acids is 1. The number of amides is 1. The minimum atomic E-state index is -0.183. The quantitative estimate of drug-likeness (QED) is 0.749. The Morgan fingerprint density at radius 1 is 1.17 bits per heavy atom. The molecule has 1 amide bonds. The SMILES string of the molecule is CC(C)COc1ccc(C(C)(C)CNC(=O)C(C)C(C)N)cc1.Cl. The van der Waals surface area contributed by atoms with Crippen molar-refractivity contribution in [1.82, 2.24) is 5.32 Å². The van der Waals surface area contributed by atoms with Crippen molar-refractivity contribution in [3.05, 3.63) is 29.8 Å². The van der Waals surface area contributed by atoms with E-state index >= 15 is 0 Å². The molecule has 3 N–H and O–H groups in total. The first-order chi connectivity index (χ1) is 10.6. The fraction of sp³-hybridized carbons (Fsp3) is 0.632. The fourth-order valence-corrected chi connectivity index (χ4v) is 2.08. The third kappa shape index (κ3) is 7.10. The summed E-state index contributed by atoms with van der Waals surface area (Å²) in [4.78, 5) is 12.1. The summed E-state index contributed by atoms with van der Waals surface area (Å²) in [7, 11) is 0. The lowest BCUT2D eigenvalue weighted by molar-refractivity contribution is -0.125. The van der Waals surface area contributed by atoms with Gasteiger partial charge in [0, 0.05) is 23.9 Å². The van der Waals surface area contributed by atoms with Crippen LogP contribution in [0.15, 0.2) is 24.3 Å². The molecular weight excluding hydrogens is 324 g/mol. The Labute approximate surface area is 152 Å². The van der Waals surface area contributed by atoms with Crippen LogP contribution < -0.4 is 15.8 Å². The highest BCUT2D eigenvalue weighted by Gasteiger charge is 2.24. The summed E-state index contributed by atoms with van der Waals surface area (Å²) in [6.45, 7) is 13.5. The molecule has 1 aromatic carbocycles. The Kier molecular flexibility index (Phi) is 9.38. The second-order valence-electron chi connectivity index (χ2n) is 7.48. The minimum absolute atomic E-state index is 0. The molecule has 138 valence electrons. The standard InChI is InChI=1S/C19H32N2O2.ClH/c1-13(2)11-23-17-9-7-16(8-10-17)19(5,6)12-21-18(22)14(3)15(4)20;/h7-10,13-15H,11-12,20H2,1-6H3,(H,21,22);1H. The number of hydrogen-bond donors (Lipinski definition) is 2. The second-order valence-corrected chi connectivity index (χ2v) is 7.48. The lowest BCUT2D eigenvalue weighted by atomic mass is 9.84. The van der Waals surface area contributed by atoms with Gasteiger partial charge in [0.2, 0.25) is 5.91 Å². The highest BCUT2D eigenvalue weighted by atomic mass is 35.5.